The van der Waals surface area contributed by atoms with E-state index in [0.717, 1.165) is 0 Å². The zero-order chi connectivity index (χ0) is 50.2. The summed E-state index contributed by atoms with van der Waals surface area (Å²) in [7, 11) is -4.97. The standard InChI is InChI=1S/C48H53IN8O11S2/c1-48(2,3)39-15-12-16-40(57(52-46(58)67-32-35-13-8-7-9-14-35)70(62,63)68-47(59)54-27-10-11-28-54)42(39)45-50-53-56(51-45)31-36-21-26-41(66-6)44(43(36)49)69(60,61)55(29-33-17-22-37(64-4)23-18-33)30-34-19-24-38(65-5)25-20-34/h7-9,12-26H,10-11,27-32H2,1-6H3,(H,52,58). The number of hydrogen-bond donors (Lipinski definition) is 1. The summed E-state index contributed by atoms with van der Waals surface area (Å²) in [6, 6.07) is 31.0. The lowest BCUT2D eigenvalue weighted by atomic mass is 9.83. The van der Waals surface area contributed by atoms with Crippen LogP contribution in [0.1, 0.15) is 61.4 Å². The summed E-state index contributed by atoms with van der Waals surface area (Å²) in [5.74, 6) is 1.29. The first kappa shape index (κ1) is 51.4. The molecule has 0 radical (unpaired) electrons. The molecular weight excluding hydrogens is 1060 g/mol. The molecule has 22 heteroatoms. The Morgan fingerprint density at radius 1 is 0.757 bits per heavy atom. The third-order valence-corrected chi connectivity index (χ3v) is 15.8. The fourth-order valence-electron chi connectivity index (χ4n) is 7.61. The predicted octanol–water partition coefficient (Wildman–Crippen LogP) is 7.83. The van der Waals surface area contributed by atoms with E-state index in [0.29, 0.717) is 73.2 Å². The van der Waals surface area contributed by atoms with Crippen LogP contribution in [0.5, 0.6) is 17.2 Å². The van der Waals surface area contributed by atoms with Crippen molar-refractivity contribution in [3.63, 3.8) is 0 Å². The molecule has 0 atom stereocenters. The Kier molecular flexibility index (Phi) is 16.2. The second kappa shape index (κ2) is 22.1. The van der Waals surface area contributed by atoms with E-state index in [9.17, 15) is 18.0 Å². The number of tetrazole rings is 1. The van der Waals surface area contributed by atoms with Crippen LogP contribution < -0.4 is 24.1 Å². The first-order chi connectivity index (χ1) is 33.4. The fraction of sp³-hybridized carbons (Fsp3) is 0.312. The number of amides is 2. The summed E-state index contributed by atoms with van der Waals surface area (Å²) in [6.07, 6.45) is -0.940. The zero-order valence-corrected chi connectivity index (χ0v) is 43.2. The number of nitrogens with one attached hydrogen (secondary N) is 1. The molecule has 0 bridgehead atoms. The highest BCUT2D eigenvalue weighted by molar-refractivity contribution is 14.1. The number of hydrazine groups is 1. The van der Waals surface area contributed by atoms with Crippen molar-refractivity contribution in [3.8, 4) is 28.6 Å². The summed E-state index contributed by atoms with van der Waals surface area (Å²) in [6.45, 7) is 5.99. The van der Waals surface area contributed by atoms with Gasteiger partial charge in [0.15, 0.2) is 0 Å². The van der Waals surface area contributed by atoms with Crippen LogP contribution in [0, 0.1) is 3.57 Å². The molecule has 19 nitrogen and oxygen atoms in total. The summed E-state index contributed by atoms with van der Waals surface area (Å²) < 4.78 is 87.7. The lowest BCUT2D eigenvalue weighted by Gasteiger charge is -2.29. The monoisotopic (exact) mass is 1110 g/mol. The van der Waals surface area contributed by atoms with E-state index in [2.05, 4.69) is 15.7 Å². The number of methoxy groups -OCH3 is 3. The lowest BCUT2D eigenvalue weighted by molar-refractivity contribution is 0.139. The maximum absolute atomic E-state index is 15.0. The molecular formula is C48H53IN8O11S2. The highest BCUT2D eigenvalue weighted by Crippen LogP contribution is 2.40. The van der Waals surface area contributed by atoms with Gasteiger partial charge in [-0.05, 0) is 110 Å². The molecule has 0 saturated carbocycles. The van der Waals surface area contributed by atoms with Gasteiger partial charge in [-0.1, -0.05) is 93.6 Å². The van der Waals surface area contributed by atoms with Gasteiger partial charge in [0.05, 0.1) is 39.1 Å². The van der Waals surface area contributed by atoms with Gasteiger partial charge in [-0.3, -0.25) is 0 Å². The van der Waals surface area contributed by atoms with Crippen molar-refractivity contribution in [3.05, 3.63) is 141 Å². The summed E-state index contributed by atoms with van der Waals surface area (Å²) >= 11 is 1.98. The van der Waals surface area contributed by atoms with Gasteiger partial charge in [-0.25, -0.2) is 23.4 Å². The molecule has 1 fully saturated rings. The van der Waals surface area contributed by atoms with Gasteiger partial charge in [0.1, 0.15) is 28.8 Å². The molecule has 0 unspecified atom stereocenters. The van der Waals surface area contributed by atoms with Crippen molar-refractivity contribution >= 4 is 60.8 Å². The van der Waals surface area contributed by atoms with Crippen molar-refractivity contribution in [1.82, 2.24) is 34.8 Å². The van der Waals surface area contributed by atoms with E-state index in [1.54, 1.807) is 117 Å². The zero-order valence-electron chi connectivity index (χ0n) is 39.4. The van der Waals surface area contributed by atoms with Gasteiger partial charge in [0.2, 0.25) is 15.8 Å². The van der Waals surface area contributed by atoms with Crippen LogP contribution >= 0.6 is 22.6 Å². The van der Waals surface area contributed by atoms with Gasteiger partial charge >= 0.3 is 22.5 Å². The molecule has 70 heavy (non-hydrogen) atoms. The number of carbonyl (C=O) groups excluding carboxylic acids is 2. The van der Waals surface area contributed by atoms with E-state index in [1.165, 1.54) is 27.2 Å². The highest BCUT2D eigenvalue weighted by Gasteiger charge is 2.37. The maximum atomic E-state index is 15.0. The Labute approximate surface area is 421 Å². The van der Waals surface area contributed by atoms with Crippen molar-refractivity contribution < 1.29 is 49.6 Å². The van der Waals surface area contributed by atoms with Crippen molar-refractivity contribution in [2.75, 3.05) is 38.8 Å². The lowest BCUT2D eigenvalue weighted by Crippen LogP contribution is -2.49. The van der Waals surface area contributed by atoms with Gasteiger partial charge in [-0.15, -0.1) is 14.6 Å². The van der Waals surface area contributed by atoms with Crippen LogP contribution in [0.2, 0.25) is 0 Å². The molecule has 1 saturated heterocycles. The first-order valence-corrected chi connectivity index (χ1v) is 25.8. The molecule has 1 aromatic heterocycles. The maximum Gasteiger partial charge on any atom is 0.431 e. The van der Waals surface area contributed by atoms with Crippen molar-refractivity contribution in [2.24, 2.45) is 0 Å². The Hall–Kier alpha value is -6.50. The average molecular weight is 1110 g/mol. The Bertz CT molecular complexity index is 2970. The van der Waals surface area contributed by atoms with Gasteiger partial charge in [0.25, 0.3) is 0 Å². The van der Waals surface area contributed by atoms with E-state index in [-0.39, 0.29) is 54.0 Å². The number of sulfonamides is 1. The number of ether oxygens (including phenoxy) is 4. The molecule has 1 aliphatic rings. The summed E-state index contributed by atoms with van der Waals surface area (Å²) in [5.41, 5.74) is 4.64. The van der Waals surface area contributed by atoms with E-state index >= 15 is 8.42 Å². The predicted molar refractivity (Wildman–Crippen MR) is 268 cm³/mol. The van der Waals surface area contributed by atoms with E-state index in [4.69, 9.17) is 28.2 Å². The van der Waals surface area contributed by atoms with E-state index in [1.807, 2.05) is 43.4 Å². The molecule has 0 aliphatic carbocycles. The minimum absolute atomic E-state index is 0.00906. The molecule has 6 aromatic rings. The molecule has 1 aliphatic heterocycles. The fourth-order valence-corrected chi connectivity index (χ4v) is 11.7. The number of aromatic nitrogens is 4. The largest absolute Gasteiger partial charge is 0.497 e. The Morgan fingerprint density at radius 2 is 1.37 bits per heavy atom. The second-order valence-corrected chi connectivity index (χ2v) is 21.4. The van der Waals surface area contributed by atoms with E-state index < -0.39 is 37.9 Å². The van der Waals surface area contributed by atoms with Gasteiger partial charge in [-0.2, -0.15) is 17.5 Å². The highest BCUT2D eigenvalue weighted by atomic mass is 127. The number of hydrogen-bond acceptors (Lipinski definition) is 14. The average Bonchev–Trinajstić information content (AvgIpc) is 4.07. The Balaban J connectivity index is 1.26. The number of halogens is 1. The van der Waals surface area contributed by atoms with Crippen LogP contribution in [0.15, 0.2) is 114 Å². The molecule has 2 amide bonds. The Morgan fingerprint density at radius 3 is 1.94 bits per heavy atom. The van der Waals surface area contributed by atoms with Crippen LogP contribution in [-0.4, -0.2) is 92.9 Å². The number of anilines is 1. The molecule has 2 heterocycles. The molecule has 1 N–H and O–H groups in total. The summed E-state index contributed by atoms with van der Waals surface area (Å²) in [5, 5.41) is 13.4. The van der Waals surface area contributed by atoms with Crippen LogP contribution in [0.3, 0.4) is 0 Å². The molecule has 370 valence electrons. The second-order valence-electron chi connectivity index (χ2n) is 17.1. The van der Waals surface area contributed by atoms with Gasteiger partial charge in [0, 0.05) is 29.7 Å². The number of nitrogens with zero attached hydrogens (tertiary/aromatic N) is 7. The minimum Gasteiger partial charge on any atom is -0.497 e. The van der Waals surface area contributed by atoms with Crippen molar-refractivity contribution in [2.45, 2.75) is 70.2 Å². The SMILES string of the molecule is COc1ccc(CN(Cc2ccc(OC)cc2)S(=O)(=O)c2c(OC)ccc(Cn3nnc(-c4c(N(NC(=O)OCc5ccccc5)S(=O)(=O)OC(=O)N5CCCC5)cccc4C(C)(C)C)n3)c2I)cc1. The minimum atomic E-state index is -5.15. The number of carbonyl (C=O) groups is 2. The van der Waals surface area contributed by atoms with Crippen LogP contribution in [0.25, 0.3) is 11.4 Å². The molecule has 7 rings (SSSR count). The molecule has 0 spiro atoms. The van der Waals surface area contributed by atoms with Crippen molar-refractivity contribution in [1.29, 1.82) is 0 Å². The topological polar surface area (TPSA) is 214 Å². The molecule has 5 aromatic carbocycles. The number of likely N-dealkylation sites (tertiary alicyclic amines) is 1. The van der Waals surface area contributed by atoms with Crippen LogP contribution in [-0.2, 0) is 60.9 Å². The third kappa shape index (κ3) is 12.1. The number of rotatable bonds is 18. The number of benzene rings is 5. The van der Waals surface area contributed by atoms with Crippen LogP contribution in [0.4, 0.5) is 15.3 Å². The summed E-state index contributed by atoms with van der Waals surface area (Å²) in [4.78, 5) is 29.1. The van der Waals surface area contributed by atoms with Gasteiger partial charge < -0.3 is 28.0 Å². The quantitative estimate of drug-likeness (QED) is 0.0642. The first-order valence-electron chi connectivity index (χ1n) is 22.0. The third-order valence-electron chi connectivity index (χ3n) is 11.2. The normalized spacial score (nSPS) is 12.9. The smallest absolute Gasteiger partial charge is 0.431 e.